The molecule has 0 bridgehead atoms. The van der Waals surface area contributed by atoms with Gasteiger partial charge in [0.1, 0.15) is 5.60 Å². The van der Waals surface area contributed by atoms with E-state index in [0.717, 1.165) is 70.4 Å². The zero-order chi connectivity index (χ0) is 35.9. The zero-order valence-electron chi connectivity index (χ0n) is 24.9. The van der Waals surface area contributed by atoms with Gasteiger partial charge in [0.2, 0.25) is 0 Å². The standard InChI is InChI=1S/C19H32N4O2.3C2HF3O2/c1-17-5-4-6-18(20-17)13-23-10-12-25-19(15-23)14-22(8-7-21(2)3)9-11-24-16-19;3*3-2(4,5)1(6)7/h4-6H,7-16H2,1-3H3;3*(H,6,7). The number of alkyl halides is 9. The van der Waals surface area contributed by atoms with Gasteiger partial charge in [-0.25, -0.2) is 14.4 Å². The molecule has 2 saturated heterocycles. The Morgan fingerprint density at radius 3 is 1.74 bits per heavy atom. The van der Waals surface area contributed by atoms with Crippen LogP contribution in [0.15, 0.2) is 18.2 Å². The van der Waals surface area contributed by atoms with Gasteiger partial charge in [0.15, 0.2) is 0 Å². The largest absolute Gasteiger partial charge is 0.490 e. The number of rotatable bonds is 5. The van der Waals surface area contributed by atoms with Crippen molar-refractivity contribution >= 4 is 17.9 Å². The maximum absolute atomic E-state index is 10.6. The summed E-state index contributed by atoms with van der Waals surface area (Å²) >= 11 is 0. The van der Waals surface area contributed by atoms with Crippen molar-refractivity contribution in [2.45, 2.75) is 37.6 Å². The number of halogens is 9. The molecule has 3 heterocycles. The third-order valence-corrected chi connectivity index (χ3v) is 5.68. The first-order valence-corrected chi connectivity index (χ1v) is 13.0. The highest BCUT2D eigenvalue weighted by Gasteiger charge is 2.41. The molecule has 266 valence electrons. The molecule has 1 aromatic heterocycles. The van der Waals surface area contributed by atoms with Crippen molar-refractivity contribution in [1.29, 1.82) is 0 Å². The van der Waals surface area contributed by atoms with Crippen LogP contribution in [0.2, 0.25) is 0 Å². The maximum atomic E-state index is 10.6. The van der Waals surface area contributed by atoms with E-state index in [1.54, 1.807) is 0 Å². The lowest BCUT2D eigenvalue weighted by atomic mass is 10.0. The molecule has 0 aromatic carbocycles. The van der Waals surface area contributed by atoms with E-state index in [0.29, 0.717) is 6.61 Å². The van der Waals surface area contributed by atoms with Crippen molar-refractivity contribution in [3.63, 3.8) is 0 Å². The summed E-state index contributed by atoms with van der Waals surface area (Å²) in [5.74, 6) is -8.27. The molecule has 1 spiro atoms. The predicted octanol–water partition coefficient (Wildman–Crippen LogP) is 2.75. The Hall–Kier alpha value is -3.27. The molecule has 3 rings (SSSR count). The predicted molar refractivity (Wildman–Crippen MR) is 140 cm³/mol. The monoisotopic (exact) mass is 690 g/mol. The number of hydrogen-bond acceptors (Lipinski definition) is 9. The third-order valence-electron chi connectivity index (χ3n) is 5.68. The fraction of sp³-hybridized carbons (Fsp3) is 0.680. The minimum atomic E-state index is -5.08. The zero-order valence-corrected chi connectivity index (χ0v) is 24.9. The highest BCUT2D eigenvalue weighted by Crippen LogP contribution is 2.24. The Morgan fingerprint density at radius 2 is 1.30 bits per heavy atom. The number of carboxylic acid groups (broad SMARTS) is 3. The number of aliphatic carboxylic acids is 3. The average Bonchev–Trinajstić information content (AvgIpc) is 3.08. The van der Waals surface area contributed by atoms with Gasteiger partial charge >= 0.3 is 36.4 Å². The quantitative estimate of drug-likeness (QED) is 0.390. The molecule has 1 unspecified atom stereocenters. The second-order valence-corrected chi connectivity index (χ2v) is 10.1. The number of carbonyl (C=O) groups is 3. The fourth-order valence-corrected chi connectivity index (χ4v) is 3.67. The summed E-state index contributed by atoms with van der Waals surface area (Å²) in [6.07, 6.45) is -15.3. The van der Waals surface area contributed by atoms with Gasteiger partial charge in [-0.05, 0) is 33.2 Å². The highest BCUT2D eigenvalue weighted by atomic mass is 19.4. The van der Waals surface area contributed by atoms with Crippen LogP contribution in [0.1, 0.15) is 11.4 Å². The molecule has 0 amide bonds. The Morgan fingerprint density at radius 1 is 0.848 bits per heavy atom. The SMILES string of the molecule is Cc1cccc(CN2CCOC3(COCCN(CCN(C)C)C3)C2)n1.O=C(O)C(F)(F)F.O=C(O)C(F)(F)F.O=C(O)C(F)(F)F. The molecule has 0 radical (unpaired) electrons. The van der Waals surface area contributed by atoms with E-state index >= 15 is 0 Å². The Kier molecular flexibility index (Phi) is 17.4. The van der Waals surface area contributed by atoms with Gasteiger partial charge in [-0.2, -0.15) is 39.5 Å². The van der Waals surface area contributed by atoms with Crippen molar-refractivity contribution in [2.75, 3.05) is 73.2 Å². The number of morpholine rings is 1. The summed E-state index contributed by atoms with van der Waals surface area (Å²) < 4.78 is 107. The molecule has 1 aromatic rings. The summed E-state index contributed by atoms with van der Waals surface area (Å²) in [6.45, 7) is 11.1. The van der Waals surface area contributed by atoms with Crippen LogP contribution < -0.4 is 0 Å². The second kappa shape index (κ2) is 18.8. The van der Waals surface area contributed by atoms with E-state index in [9.17, 15) is 39.5 Å². The Labute approximate surface area is 257 Å². The van der Waals surface area contributed by atoms with E-state index in [1.807, 2.05) is 13.0 Å². The van der Waals surface area contributed by atoms with Crippen molar-refractivity contribution < 1.29 is 78.7 Å². The van der Waals surface area contributed by atoms with Crippen LogP contribution in [0, 0.1) is 6.92 Å². The summed E-state index contributed by atoms with van der Waals surface area (Å²) in [5, 5.41) is 21.4. The van der Waals surface area contributed by atoms with Gasteiger partial charge in [0.05, 0.1) is 25.5 Å². The minimum Gasteiger partial charge on any atom is -0.475 e. The first-order valence-electron chi connectivity index (χ1n) is 13.0. The summed E-state index contributed by atoms with van der Waals surface area (Å²) in [6, 6.07) is 6.25. The molecule has 2 aliphatic heterocycles. The molecule has 12 nitrogen and oxygen atoms in total. The van der Waals surface area contributed by atoms with Gasteiger partial charge in [-0.15, -0.1) is 0 Å². The summed E-state index contributed by atoms with van der Waals surface area (Å²) in [5.41, 5.74) is 1.99. The molecule has 3 N–H and O–H groups in total. The number of pyridine rings is 1. The van der Waals surface area contributed by atoms with Crippen LogP contribution in [0.4, 0.5) is 39.5 Å². The van der Waals surface area contributed by atoms with Crippen LogP contribution >= 0.6 is 0 Å². The van der Waals surface area contributed by atoms with Crippen molar-refractivity contribution in [1.82, 2.24) is 19.7 Å². The maximum Gasteiger partial charge on any atom is 0.490 e. The Bertz CT molecular complexity index is 1050. The third kappa shape index (κ3) is 18.6. The molecule has 46 heavy (non-hydrogen) atoms. The summed E-state index contributed by atoms with van der Waals surface area (Å²) in [7, 11) is 4.25. The number of likely N-dealkylation sites (N-methyl/N-ethyl adjacent to an activating group) is 1. The molecule has 21 heteroatoms. The van der Waals surface area contributed by atoms with Crippen molar-refractivity contribution in [3.8, 4) is 0 Å². The number of carboxylic acids is 3. The minimum absolute atomic E-state index is 0.217. The van der Waals surface area contributed by atoms with Crippen LogP contribution in [0.3, 0.4) is 0 Å². The van der Waals surface area contributed by atoms with E-state index in [1.165, 1.54) is 0 Å². The molecular formula is C25H35F9N4O8. The lowest BCUT2D eigenvalue weighted by Gasteiger charge is -2.43. The first kappa shape index (κ1) is 42.7. The van der Waals surface area contributed by atoms with Gasteiger partial charge in [-0.3, -0.25) is 14.8 Å². The van der Waals surface area contributed by atoms with Gasteiger partial charge in [0.25, 0.3) is 0 Å². The number of nitrogens with zero attached hydrogens (tertiary/aromatic N) is 4. The molecule has 0 saturated carbocycles. The number of ether oxygens (including phenoxy) is 2. The van der Waals surface area contributed by atoms with E-state index in [4.69, 9.17) is 39.2 Å². The smallest absolute Gasteiger partial charge is 0.475 e. The number of aromatic nitrogens is 1. The van der Waals surface area contributed by atoms with Gasteiger partial charge < -0.3 is 29.7 Å². The lowest BCUT2D eigenvalue weighted by Crippen LogP contribution is -2.58. The van der Waals surface area contributed by atoms with E-state index < -0.39 is 36.4 Å². The number of aryl methyl sites for hydroxylation is 1. The first-order chi connectivity index (χ1) is 20.9. The Balaban J connectivity index is 0.000000786. The molecule has 1 atom stereocenters. The molecule has 2 aliphatic rings. The molecular weight excluding hydrogens is 655 g/mol. The van der Waals surface area contributed by atoms with Crippen molar-refractivity contribution in [2.24, 2.45) is 0 Å². The molecule has 2 fully saturated rings. The van der Waals surface area contributed by atoms with E-state index in [2.05, 4.69) is 45.9 Å². The van der Waals surface area contributed by atoms with E-state index in [-0.39, 0.29) is 5.60 Å². The van der Waals surface area contributed by atoms with Crippen molar-refractivity contribution in [3.05, 3.63) is 29.6 Å². The van der Waals surface area contributed by atoms with Gasteiger partial charge in [0, 0.05) is 51.5 Å². The number of hydrogen-bond donors (Lipinski definition) is 3. The second-order valence-electron chi connectivity index (χ2n) is 10.1. The average molecular weight is 691 g/mol. The van der Waals surface area contributed by atoms with Crippen LogP contribution in [0.25, 0.3) is 0 Å². The lowest BCUT2D eigenvalue weighted by molar-refractivity contribution is -0.193. The van der Waals surface area contributed by atoms with Gasteiger partial charge in [-0.1, -0.05) is 6.07 Å². The molecule has 0 aliphatic carbocycles. The summed E-state index contributed by atoms with van der Waals surface area (Å²) in [4.78, 5) is 38.5. The van der Waals surface area contributed by atoms with Crippen LogP contribution in [-0.4, -0.2) is 150 Å². The fourth-order valence-electron chi connectivity index (χ4n) is 3.67. The highest BCUT2D eigenvalue weighted by molar-refractivity contribution is 5.73. The topological polar surface area (TPSA) is 153 Å². The van der Waals surface area contributed by atoms with Crippen LogP contribution in [0.5, 0.6) is 0 Å². The normalized spacial score (nSPS) is 19.4. The van der Waals surface area contributed by atoms with Crippen LogP contribution in [-0.2, 0) is 30.4 Å².